The Morgan fingerprint density at radius 3 is 2.41 bits per heavy atom. The molecule has 27 heavy (non-hydrogen) atoms. The number of nitrogens with zero attached hydrogens (tertiary/aromatic N) is 3. The van der Waals surface area contributed by atoms with Crippen LogP contribution in [0, 0.1) is 12.8 Å². The molecule has 2 heterocycles. The highest BCUT2D eigenvalue weighted by atomic mass is 19.4. The fraction of sp³-hybridized carbons (Fsp3) is 0.333. The number of alkyl halides is 3. The van der Waals surface area contributed by atoms with Crippen LogP contribution in [-0.2, 0) is 11.0 Å². The molecule has 1 saturated heterocycles. The fourth-order valence-electron chi connectivity index (χ4n) is 3.22. The molecule has 0 bridgehead atoms. The van der Waals surface area contributed by atoms with E-state index < -0.39 is 41.4 Å². The zero-order valence-corrected chi connectivity index (χ0v) is 14.3. The van der Waals surface area contributed by atoms with Crippen molar-refractivity contribution in [3.05, 3.63) is 59.2 Å². The van der Waals surface area contributed by atoms with Gasteiger partial charge in [0.2, 0.25) is 5.82 Å². The molecule has 0 spiro atoms. The van der Waals surface area contributed by atoms with E-state index in [1.54, 1.807) is 30.3 Å². The highest BCUT2D eigenvalue weighted by Gasteiger charge is 2.42. The van der Waals surface area contributed by atoms with Gasteiger partial charge in [0.05, 0.1) is 5.92 Å². The number of aliphatic carboxylic acids is 1. The van der Waals surface area contributed by atoms with Crippen LogP contribution in [0.3, 0.4) is 0 Å². The Bertz CT molecular complexity index is 871. The summed E-state index contributed by atoms with van der Waals surface area (Å²) in [6.07, 6.45) is -4.78. The quantitative estimate of drug-likeness (QED) is 0.887. The number of hydrogen-bond donors (Lipinski definition) is 1. The van der Waals surface area contributed by atoms with Crippen LogP contribution < -0.4 is 0 Å². The Labute approximate surface area is 152 Å². The van der Waals surface area contributed by atoms with E-state index in [-0.39, 0.29) is 18.8 Å². The largest absolute Gasteiger partial charge is 0.481 e. The van der Waals surface area contributed by atoms with E-state index in [4.69, 9.17) is 0 Å². The molecule has 9 heteroatoms. The van der Waals surface area contributed by atoms with Gasteiger partial charge >= 0.3 is 12.1 Å². The van der Waals surface area contributed by atoms with E-state index in [0.717, 1.165) is 5.56 Å². The number of amides is 1. The molecule has 1 aromatic carbocycles. The number of aryl methyl sites for hydroxylation is 1. The third-order valence-electron chi connectivity index (χ3n) is 4.48. The van der Waals surface area contributed by atoms with Crippen molar-refractivity contribution in [2.24, 2.45) is 5.92 Å². The highest BCUT2D eigenvalue weighted by Crippen LogP contribution is 2.34. The molecule has 6 nitrogen and oxygen atoms in total. The lowest BCUT2D eigenvalue weighted by Crippen LogP contribution is -2.31. The topological polar surface area (TPSA) is 83.4 Å². The second kappa shape index (κ2) is 6.98. The zero-order valence-electron chi connectivity index (χ0n) is 14.3. The number of carbonyl (C=O) groups excluding carboxylic acids is 1. The number of hydrogen-bond acceptors (Lipinski definition) is 4. The summed E-state index contributed by atoms with van der Waals surface area (Å²) in [6.45, 7) is 1.33. The standard InChI is InChI=1S/C18H16F3N3O3/c1-10-7-14(23-17(22-10)18(19,20)21)15(25)24-8-12(13(9-24)16(26)27)11-5-3-2-4-6-11/h2-7,12-13H,8-9H2,1H3,(H,26,27). The Kier molecular flexibility index (Phi) is 4.86. The van der Waals surface area contributed by atoms with Crippen molar-refractivity contribution in [2.75, 3.05) is 13.1 Å². The molecular weight excluding hydrogens is 363 g/mol. The SMILES string of the molecule is Cc1cc(C(=O)N2CC(C(=O)O)C(c3ccccc3)C2)nc(C(F)(F)F)n1. The smallest absolute Gasteiger partial charge is 0.451 e. The molecule has 2 atom stereocenters. The Hall–Kier alpha value is -2.97. The van der Waals surface area contributed by atoms with Gasteiger partial charge in [-0.25, -0.2) is 9.97 Å². The number of likely N-dealkylation sites (tertiary alicyclic amines) is 1. The molecule has 0 radical (unpaired) electrons. The third-order valence-corrected chi connectivity index (χ3v) is 4.48. The van der Waals surface area contributed by atoms with Crippen molar-refractivity contribution in [1.82, 2.24) is 14.9 Å². The number of carboxylic acid groups (broad SMARTS) is 1. The minimum Gasteiger partial charge on any atom is -0.481 e. The summed E-state index contributed by atoms with van der Waals surface area (Å²) < 4.78 is 38.7. The van der Waals surface area contributed by atoms with Crippen molar-refractivity contribution in [1.29, 1.82) is 0 Å². The normalized spacial score (nSPS) is 19.9. The molecule has 142 valence electrons. The molecule has 0 aliphatic carbocycles. The molecule has 1 amide bonds. The minimum absolute atomic E-state index is 0.00858. The first-order valence-electron chi connectivity index (χ1n) is 8.16. The molecule has 1 fully saturated rings. The lowest BCUT2D eigenvalue weighted by atomic mass is 9.89. The van der Waals surface area contributed by atoms with Crippen LogP contribution in [0.1, 0.15) is 33.5 Å². The van der Waals surface area contributed by atoms with Crippen LogP contribution in [0.25, 0.3) is 0 Å². The van der Waals surface area contributed by atoms with Gasteiger partial charge in [-0.1, -0.05) is 30.3 Å². The minimum atomic E-state index is -4.78. The second-order valence-electron chi connectivity index (χ2n) is 6.39. The molecule has 3 rings (SSSR count). The van der Waals surface area contributed by atoms with Crippen LogP contribution in [-0.4, -0.2) is 44.9 Å². The lowest BCUT2D eigenvalue weighted by Gasteiger charge is -2.17. The number of carboxylic acids is 1. The van der Waals surface area contributed by atoms with Gasteiger partial charge < -0.3 is 10.0 Å². The molecule has 1 aromatic heterocycles. The fourth-order valence-corrected chi connectivity index (χ4v) is 3.22. The average Bonchev–Trinajstić information content (AvgIpc) is 3.06. The van der Waals surface area contributed by atoms with Crippen molar-refractivity contribution in [3.63, 3.8) is 0 Å². The van der Waals surface area contributed by atoms with Crippen molar-refractivity contribution in [2.45, 2.75) is 19.0 Å². The maximum absolute atomic E-state index is 12.9. The van der Waals surface area contributed by atoms with Gasteiger partial charge in [-0.05, 0) is 18.6 Å². The van der Waals surface area contributed by atoms with Gasteiger partial charge in [0.25, 0.3) is 5.91 Å². The molecule has 2 unspecified atom stereocenters. The van der Waals surface area contributed by atoms with Crippen molar-refractivity contribution >= 4 is 11.9 Å². The first kappa shape index (κ1) is 18.8. The first-order valence-corrected chi connectivity index (χ1v) is 8.16. The number of aromatic nitrogens is 2. The summed E-state index contributed by atoms with van der Waals surface area (Å²) in [7, 11) is 0. The van der Waals surface area contributed by atoms with Gasteiger partial charge in [-0.15, -0.1) is 0 Å². The summed E-state index contributed by atoms with van der Waals surface area (Å²) in [5, 5.41) is 9.50. The van der Waals surface area contributed by atoms with Crippen LogP contribution in [0.4, 0.5) is 13.2 Å². The molecule has 1 aliphatic rings. The lowest BCUT2D eigenvalue weighted by molar-refractivity contribution is -0.145. The molecule has 0 saturated carbocycles. The number of halogens is 3. The van der Waals surface area contributed by atoms with E-state index >= 15 is 0 Å². The van der Waals surface area contributed by atoms with Crippen molar-refractivity contribution < 1.29 is 27.9 Å². The summed E-state index contributed by atoms with van der Waals surface area (Å²) in [5.74, 6) is -4.48. The van der Waals surface area contributed by atoms with Gasteiger partial charge in [0, 0.05) is 24.7 Å². The number of benzene rings is 1. The molecule has 1 aliphatic heterocycles. The van der Waals surface area contributed by atoms with E-state index in [2.05, 4.69) is 9.97 Å². The van der Waals surface area contributed by atoms with Gasteiger partial charge in [0.1, 0.15) is 5.69 Å². The van der Waals surface area contributed by atoms with Gasteiger partial charge in [-0.3, -0.25) is 9.59 Å². The zero-order chi connectivity index (χ0) is 19.8. The van der Waals surface area contributed by atoms with Crippen LogP contribution in [0.2, 0.25) is 0 Å². The van der Waals surface area contributed by atoms with Crippen LogP contribution in [0.15, 0.2) is 36.4 Å². The van der Waals surface area contributed by atoms with E-state index in [9.17, 15) is 27.9 Å². The van der Waals surface area contributed by atoms with Gasteiger partial charge in [0.15, 0.2) is 0 Å². The summed E-state index contributed by atoms with van der Waals surface area (Å²) in [4.78, 5) is 32.2. The average molecular weight is 379 g/mol. The molecule has 2 aromatic rings. The summed E-state index contributed by atoms with van der Waals surface area (Å²) in [6, 6.07) is 10.0. The predicted octanol–water partition coefficient (Wildman–Crippen LogP) is 2.74. The van der Waals surface area contributed by atoms with Gasteiger partial charge in [-0.2, -0.15) is 13.2 Å². The predicted molar refractivity (Wildman–Crippen MR) is 88.0 cm³/mol. The van der Waals surface area contributed by atoms with E-state index in [1.807, 2.05) is 0 Å². The Balaban J connectivity index is 1.90. The van der Waals surface area contributed by atoms with E-state index in [1.165, 1.54) is 17.9 Å². The summed E-state index contributed by atoms with van der Waals surface area (Å²) >= 11 is 0. The van der Waals surface area contributed by atoms with Crippen LogP contribution >= 0.6 is 0 Å². The maximum atomic E-state index is 12.9. The third kappa shape index (κ3) is 3.91. The van der Waals surface area contributed by atoms with Crippen molar-refractivity contribution in [3.8, 4) is 0 Å². The van der Waals surface area contributed by atoms with E-state index in [0.29, 0.717) is 0 Å². The Morgan fingerprint density at radius 2 is 1.81 bits per heavy atom. The molecule has 1 N–H and O–H groups in total. The number of carbonyl (C=O) groups is 2. The maximum Gasteiger partial charge on any atom is 0.451 e. The summed E-state index contributed by atoms with van der Waals surface area (Å²) in [5.41, 5.74) is 0.372. The highest BCUT2D eigenvalue weighted by molar-refractivity contribution is 5.93. The number of rotatable bonds is 3. The second-order valence-corrected chi connectivity index (χ2v) is 6.39. The first-order chi connectivity index (χ1) is 12.7. The molecular formula is C18H16F3N3O3. The van der Waals surface area contributed by atoms with Crippen LogP contribution in [0.5, 0.6) is 0 Å². The monoisotopic (exact) mass is 379 g/mol. The Morgan fingerprint density at radius 1 is 1.15 bits per heavy atom.